The van der Waals surface area contributed by atoms with Crippen LogP contribution >= 0.6 is 0 Å². The molecule has 0 bridgehead atoms. The lowest BCUT2D eigenvalue weighted by Gasteiger charge is -2.42. The van der Waals surface area contributed by atoms with Gasteiger partial charge in [0.15, 0.2) is 0 Å². The predicted octanol–water partition coefficient (Wildman–Crippen LogP) is 3.85. The summed E-state index contributed by atoms with van der Waals surface area (Å²) in [6.07, 6.45) is 6.21. The van der Waals surface area contributed by atoms with Crippen molar-refractivity contribution < 1.29 is 14.6 Å². The Labute approximate surface area is 184 Å². The third-order valence-electron chi connectivity index (χ3n) is 6.32. The van der Waals surface area contributed by atoms with Crippen molar-refractivity contribution in [1.82, 2.24) is 9.88 Å². The zero-order chi connectivity index (χ0) is 21.6. The minimum atomic E-state index is -0.785. The van der Waals surface area contributed by atoms with Gasteiger partial charge < -0.3 is 15.2 Å². The molecule has 2 aromatic rings. The van der Waals surface area contributed by atoms with Crippen LogP contribution in [0.2, 0.25) is 0 Å². The van der Waals surface area contributed by atoms with E-state index < -0.39 is 12.0 Å². The highest BCUT2D eigenvalue weighted by molar-refractivity contribution is 5.76. The maximum atomic E-state index is 11.9. The van der Waals surface area contributed by atoms with Crippen molar-refractivity contribution in [2.24, 2.45) is 0 Å². The molecular formula is C25H33N3O3. The van der Waals surface area contributed by atoms with Crippen LogP contribution in [0.15, 0.2) is 36.4 Å². The molecule has 166 valence electrons. The number of aryl methyl sites for hydroxylation is 3. The van der Waals surface area contributed by atoms with E-state index in [1.807, 2.05) is 29.2 Å². The average molecular weight is 424 g/mol. The van der Waals surface area contributed by atoms with E-state index in [9.17, 15) is 9.90 Å². The Morgan fingerprint density at radius 2 is 2.10 bits per heavy atom. The molecular weight excluding hydrogens is 390 g/mol. The van der Waals surface area contributed by atoms with E-state index in [-0.39, 0.29) is 6.10 Å². The highest BCUT2D eigenvalue weighted by Crippen LogP contribution is 2.30. The quantitative estimate of drug-likeness (QED) is 0.566. The summed E-state index contributed by atoms with van der Waals surface area (Å²) in [4.78, 5) is 18.7. The second kappa shape index (κ2) is 10.2. The standard InChI is InChI=1S/C25H33N3O3/c1-2-18-8-3-4-10-21(18)24(25(29)30)28-16-20(17-28)31-15-6-5-9-19-12-13-22-23(27-19)11-7-14-26-22/h3-4,8,10,12-13,20,24,26H,2,5-7,9,11,14-17H2,1H3,(H,29,30). The number of fused-ring (bicyclic) bond motifs is 1. The first-order valence-corrected chi connectivity index (χ1v) is 11.5. The highest BCUT2D eigenvalue weighted by atomic mass is 16.5. The van der Waals surface area contributed by atoms with E-state index in [2.05, 4.69) is 24.4 Å². The summed E-state index contributed by atoms with van der Waals surface area (Å²) in [6, 6.07) is 11.6. The van der Waals surface area contributed by atoms with E-state index in [0.29, 0.717) is 19.7 Å². The van der Waals surface area contributed by atoms with Gasteiger partial charge in [-0.25, -0.2) is 0 Å². The van der Waals surface area contributed by atoms with Crippen molar-refractivity contribution >= 4 is 11.7 Å². The molecule has 1 atom stereocenters. The number of nitrogens with one attached hydrogen (secondary N) is 1. The zero-order valence-electron chi connectivity index (χ0n) is 18.3. The number of rotatable bonds is 10. The lowest BCUT2D eigenvalue weighted by Crippen LogP contribution is -2.55. The minimum absolute atomic E-state index is 0.128. The number of carbonyl (C=O) groups is 1. The number of anilines is 1. The van der Waals surface area contributed by atoms with Crippen LogP contribution < -0.4 is 5.32 Å². The van der Waals surface area contributed by atoms with Crippen molar-refractivity contribution in [3.05, 3.63) is 58.9 Å². The summed E-state index contributed by atoms with van der Waals surface area (Å²) in [7, 11) is 0. The summed E-state index contributed by atoms with van der Waals surface area (Å²) < 4.78 is 5.99. The molecule has 2 N–H and O–H groups in total. The molecule has 6 nitrogen and oxygen atoms in total. The number of carboxylic acids is 1. The van der Waals surface area contributed by atoms with Crippen LogP contribution in [0.3, 0.4) is 0 Å². The average Bonchev–Trinajstić information content (AvgIpc) is 2.76. The van der Waals surface area contributed by atoms with Gasteiger partial charge in [0.25, 0.3) is 0 Å². The fraction of sp³-hybridized carbons (Fsp3) is 0.520. The van der Waals surface area contributed by atoms with Gasteiger partial charge in [-0.15, -0.1) is 0 Å². The highest BCUT2D eigenvalue weighted by Gasteiger charge is 2.38. The first kappa shape index (κ1) is 21.8. The van der Waals surface area contributed by atoms with E-state index in [1.54, 1.807) is 0 Å². The van der Waals surface area contributed by atoms with Gasteiger partial charge >= 0.3 is 5.97 Å². The van der Waals surface area contributed by atoms with E-state index in [1.165, 1.54) is 11.4 Å². The molecule has 2 aliphatic heterocycles. The lowest BCUT2D eigenvalue weighted by molar-refractivity contribution is -0.151. The smallest absolute Gasteiger partial charge is 0.325 e. The normalized spacial score (nSPS) is 17.5. The molecule has 1 unspecified atom stereocenters. The Hall–Kier alpha value is -2.44. The largest absolute Gasteiger partial charge is 0.480 e. The summed E-state index contributed by atoms with van der Waals surface area (Å²) in [5.74, 6) is -0.785. The summed E-state index contributed by atoms with van der Waals surface area (Å²) in [5, 5.41) is 13.2. The van der Waals surface area contributed by atoms with Gasteiger partial charge in [0.05, 0.1) is 17.5 Å². The Kier molecular flexibility index (Phi) is 7.20. The second-order valence-corrected chi connectivity index (χ2v) is 8.52. The maximum Gasteiger partial charge on any atom is 0.325 e. The summed E-state index contributed by atoms with van der Waals surface area (Å²) in [5.41, 5.74) is 5.56. The van der Waals surface area contributed by atoms with Crippen LogP contribution in [-0.4, -0.2) is 53.3 Å². The van der Waals surface area contributed by atoms with Gasteiger partial charge in [0.2, 0.25) is 0 Å². The molecule has 4 rings (SSSR count). The van der Waals surface area contributed by atoms with Crippen molar-refractivity contribution in [3.8, 4) is 0 Å². The van der Waals surface area contributed by atoms with Crippen molar-refractivity contribution in [2.75, 3.05) is 31.6 Å². The fourth-order valence-corrected chi connectivity index (χ4v) is 4.57. The van der Waals surface area contributed by atoms with Gasteiger partial charge in [-0.05, 0) is 61.8 Å². The van der Waals surface area contributed by atoms with Gasteiger partial charge in [-0.1, -0.05) is 31.2 Å². The lowest BCUT2D eigenvalue weighted by atomic mass is 9.95. The molecule has 1 aromatic carbocycles. The number of likely N-dealkylation sites (tertiary alicyclic amines) is 1. The Balaban J connectivity index is 1.18. The van der Waals surface area contributed by atoms with Crippen molar-refractivity contribution in [2.45, 2.75) is 57.6 Å². The van der Waals surface area contributed by atoms with Gasteiger partial charge in [-0.2, -0.15) is 0 Å². The number of benzene rings is 1. The number of carboxylic acid groups (broad SMARTS) is 1. The molecule has 0 spiro atoms. The molecule has 6 heteroatoms. The number of hydrogen-bond donors (Lipinski definition) is 2. The maximum absolute atomic E-state index is 11.9. The number of hydrogen-bond acceptors (Lipinski definition) is 5. The van der Waals surface area contributed by atoms with Gasteiger partial charge in [0.1, 0.15) is 6.04 Å². The van der Waals surface area contributed by atoms with Crippen LogP contribution in [-0.2, 0) is 28.8 Å². The minimum Gasteiger partial charge on any atom is -0.480 e. The number of aromatic nitrogens is 1. The van der Waals surface area contributed by atoms with E-state index in [4.69, 9.17) is 9.72 Å². The van der Waals surface area contributed by atoms with Crippen LogP contribution in [0.4, 0.5) is 5.69 Å². The van der Waals surface area contributed by atoms with Crippen LogP contribution in [0.5, 0.6) is 0 Å². The molecule has 1 aromatic heterocycles. The number of pyridine rings is 1. The Bertz CT molecular complexity index is 895. The van der Waals surface area contributed by atoms with E-state index in [0.717, 1.165) is 61.9 Å². The number of ether oxygens (including phenoxy) is 1. The molecule has 1 fully saturated rings. The summed E-state index contributed by atoms with van der Waals surface area (Å²) in [6.45, 7) is 5.18. The molecule has 3 heterocycles. The third kappa shape index (κ3) is 5.25. The topological polar surface area (TPSA) is 74.7 Å². The molecule has 0 saturated carbocycles. The summed E-state index contributed by atoms with van der Waals surface area (Å²) >= 11 is 0. The van der Waals surface area contributed by atoms with Crippen LogP contribution in [0.1, 0.15) is 54.7 Å². The fourth-order valence-electron chi connectivity index (χ4n) is 4.57. The molecule has 2 aliphatic rings. The van der Waals surface area contributed by atoms with Crippen molar-refractivity contribution in [3.63, 3.8) is 0 Å². The van der Waals surface area contributed by atoms with Crippen LogP contribution in [0.25, 0.3) is 0 Å². The van der Waals surface area contributed by atoms with Gasteiger partial charge in [-0.3, -0.25) is 14.7 Å². The molecule has 1 saturated heterocycles. The first-order valence-electron chi connectivity index (χ1n) is 11.5. The van der Waals surface area contributed by atoms with E-state index >= 15 is 0 Å². The Morgan fingerprint density at radius 3 is 2.90 bits per heavy atom. The van der Waals surface area contributed by atoms with Crippen molar-refractivity contribution in [1.29, 1.82) is 0 Å². The zero-order valence-corrected chi connectivity index (χ0v) is 18.3. The molecule has 31 heavy (non-hydrogen) atoms. The number of aliphatic carboxylic acids is 1. The predicted molar refractivity (Wildman–Crippen MR) is 121 cm³/mol. The number of unbranched alkanes of at least 4 members (excludes halogenated alkanes) is 1. The number of nitrogens with zero attached hydrogens (tertiary/aromatic N) is 2. The SMILES string of the molecule is CCc1ccccc1C(C(=O)O)N1CC(OCCCCc2ccc3c(n2)CCCN3)C1. The molecule has 0 amide bonds. The Morgan fingerprint density at radius 1 is 1.26 bits per heavy atom. The van der Waals surface area contributed by atoms with Gasteiger partial charge in [0, 0.05) is 31.9 Å². The van der Waals surface area contributed by atoms with Crippen LogP contribution in [0, 0.1) is 0 Å². The second-order valence-electron chi connectivity index (χ2n) is 8.52. The third-order valence-corrected chi connectivity index (χ3v) is 6.32. The monoisotopic (exact) mass is 423 g/mol. The first-order chi connectivity index (χ1) is 15.2. The molecule has 0 aliphatic carbocycles. The molecule has 0 radical (unpaired) electrons.